The summed E-state index contributed by atoms with van der Waals surface area (Å²) in [4.78, 5) is 20.4. The molecule has 106 valence electrons. The van der Waals surface area contributed by atoms with Crippen molar-refractivity contribution in [2.45, 2.75) is 13.8 Å². The van der Waals surface area contributed by atoms with E-state index in [0.717, 1.165) is 0 Å². The third-order valence-corrected chi connectivity index (χ3v) is 1.11. The van der Waals surface area contributed by atoms with E-state index in [9.17, 15) is 9.59 Å². The quantitative estimate of drug-likeness (QED) is 0.429. The molecule has 0 aliphatic carbocycles. The molecule has 18 heavy (non-hydrogen) atoms. The predicted molar refractivity (Wildman–Crippen MR) is 57.8 cm³/mol. The minimum atomic E-state index is -0.0255. The monoisotopic (exact) mass is 436 g/mol. The van der Waals surface area contributed by atoms with E-state index in [-0.39, 0.29) is 61.1 Å². The fourth-order valence-corrected chi connectivity index (χ4v) is 0.508. The first kappa shape index (κ1) is 36.0. The predicted octanol–water partition coefficient (Wildman–Crippen LogP) is -8.81. The SMILES string of the molecule is CC=CC(=O)CN.CC=CC(=O)CN.[F-].[F-].[F-].[Ta+3]. The summed E-state index contributed by atoms with van der Waals surface area (Å²) in [6, 6.07) is 0. The van der Waals surface area contributed by atoms with E-state index in [1.807, 2.05) is 0 Å². The number of hydrogen-bond donors (Lipinski definition) is 2. The number of carbonyl (C=O) groups is 2. The molecule has 0 heterocycles. The Morgan fingerprint density at radius 1 is 0.833 bits per heavy atom. The molecule has 0 aliphatic rings. The Morgan fingerprint density at radius 2 is 1.06 bits per heavy atom. The van der Waals surface area contributed by atoms with Crippen molar-refractivity contribution >= 4 is 11.6 Å². The third kappa shape index (κ3) is 36.2. The first-order valence-corrected chi connectivity index (χ1v) is 4.33. The van der Waals surface area contributed by atoms with Crippen molar-refractivity contribution in [1.82, 2.24) is 0 Å². The van der Waals surface area contributed by atoms with E-state index >= 15 is 0 Å². The molecule has 4 nitrogen and oxygen atoms in total. The van der Waals surface area contributed by atoms with E-state index in [4.69, 9.17) is 11.5 Å². The summed E-state index contributed by atoms with van der Waals surface area (Å²) in [5.74, 6) is -0.0509. The Balaban J connectivity index is -0.0000000327. The fraction of sp³-hybridized carbons (Fsp3) is 0.400. The minimum Gasteiger partial charge on any atom is -1.00 e. The van der Waals surface area contributed by atoms with Crippen LogP contribution in [0.5, 0.6) is 0 Å². The molecule has 0 spiro atoms. The summed E-state index contributed by atoms with van der Waals surface area (Å²) >= 11 is 0. The Labute approximate surface area is 120 Å². The molecule has 0 atom stereocenters. The second-order valence-electron chi connectivity index (χ2n) is 2.34. The number of carbonyl (C=O) groups excluding carboxylic acids is 2. The van der Waals surface area contributed by atoms with Crippen LogP contribution in [0.2, 0.25) is 0 Å². The van der Waals surface area contributed by atoms with Crippen LogP contribution in [0.4, 0.5) is 0 Å². The van der Waals surface area contributed by atoms with Gasteiger partial charge in [-0.05, 0) is 26.0 Å². The van der Waals surface area contributed by atoms with Gasteiger partial charge >= 0.3 is 22.4 Å². The maximum atomic E-state index is 10.2. The molecule has 0 saturated carbocycles. The van der Waals surface area contributed by atoms with Gasteiger partial charge in [0, 0.05) is 0 Å². The largest absolute Gasteiger partial charge is 3.00 e. The smallest absolute Gasteiger partial charge is 1.00 e. The molecular formula is C10H18F3N2O2Ta. The van der Waals surface area contributed by atoms with Gasteiger partial charge in [-0.25, -0.2) is 0 Å². The summed E-state index contributed by atoms with van der Waals surface area (Å²) < 4.78 is 0. The van der Waals surface area contributed by atoms with Crippen molar-refractivity contribution in [2.24, 2.45) is 11.5 Å². The van der Waals surface area contributed by atoms with Gasteiger partial charge in [0.05, 0.1) is 13.1 Å². The molecule has 4 N–H and O–H groups in total. The van der Waals surface area contributed by atoms with E-state index < -0.39 is 0 Å². The zero-order valence-corrected chi connectivity index (χ0v) is 13.5. The molecule has 0 bridgehead atoms. The Morgan fingerprint density at radius 3 is 1.11 bits per heavy atom. The molecule has 0 unspecified atom stereocenters. The van der Waals surface area contributed by atoms with Gasteiger partial charge in [-0.15, -0.1) is 0 Å². The van der Waals surface area contributed by atoms with Crippen molar-refractivity contribution in [1.29, 1.82) is 0 Å². The second kappa shape index (κ2) is 29.9. The standard InChI is InChI=1S/2C5H9NO.3FH.Ta/c2*1-2-3-5(7)4-6;;;;/h2*2-3H,4,6H2,1H3;3*1H;/q;;;;;+3/p-3. The zero-order valence-electron chi connectivity index (χ0n) is 10.3. The van der Waals surface area contributed by atoms with Gasteiger partial charge in [0.15, 0.2) is 11.6 Å². The normalized spacial score (nSPS) is 7.78. The van der Waals surface area contributed by atoms with Crippen LogP contribution in [0.1, 0.15) is 13.8 Å². The maximum Gasteiger partial charge on any atom is 3.00 e. The number of halogens is 3. The van der Waals surface area contributed by atoms with Gasteiger partial charge in [-0.2, -0.15) is 0 Å². The number of ketones is 2. The van der Waals surface area contributed by atoms with Gasteiger partial charge < -0.3 is 25.6 Å². The van der Waals surface area contributed by atoms with Crippen molar-refractivity contribution < 1.29 is 46.1 Å². The molecule has 0 aromatic heterocycles. The van der Waals surface area contributed by atoms with Gasteiger partial charge in [0.2, 0.25) is 0 Å². The minimum absolute atomic E-state index is 0. The van der Waals surface area contributed by atoms with Crippen LogP contribution in [0.3, 0.4) is 0 Å². The van der Waals surface area contributed by atoms with Crippen LogP contribution >= 0.6 is 0 Å². The number of nitrogens with two attached hydrogens (primary N) is 2. The zero-order chi connectivity index (χ0) is 11.4. The average molecular weight is 436 g/mol. The van der Waals surface area contributed by atoms with Gasteiger partial charge in [-0.1, -0.05) is 12.2 Å². The van der Waals surface area contributed by atoms with E-state index in [2.05, 4.69) is 0 Å². The van der Waals surface area contributed by atoms with Crippen molar-refractivity contribution in [3.05, 3.63) is 24.3 Å². The van der Waals surface area contributed by atoms with Crippen LogP contribution in [0.25, 0.3) is 0 Å². The summed E-state index contributed by atoms with van der Waals surface area (Å²) in [7, 11) is 0. The summed E-state index contributed by atoms with van der Waals surface area (Å²) in [6.45, 7) is 3.80. The summed E-state index contributed by atoms with van der Waals surface area (Å²) in [5, 5.41) is 0. The van der Waals surface area contributed by atoms with Gasteiger partial charge in [0.1, 0.15) is 0 Å². The molecule has 0 saturated heterocycles. The van der Waals surface area contributed by atoms with Crippen LogP contribution in [-0.2, 0) is 32.0 Å². The number of rotatable bonds is 4. The summed E-state index contributed by atoms with van der Waals surface area (Å²) in [6.07, 6.45) is 6.27. The third-order valence-electron chi connectivity index (χ3n) is 1.11. The summed E-state index contributed by atoms with van der Waals surface area (Å²) in [5.41, 5.74) is 9.91. The maximum absolute atomic E-state index is 10.2. The number of hydrogen-bond acceptors (Lipinski definition) is 4. The fourth-order valence-electron chi connectivity index (χ4n) is 0.508. The van der Waals surface area contributed by atoms with E-state index in [1.165, 1.54) is 12.2 Å². The molecule has 0 aromatic rings. The second-order valence-corrected chi connectivity index (χ2v) is 2.34. The molecule has 0 rings (SSSR count). The van der Waals surface area contributed by atoms with Gasteiger partial charge in [0.25, 0.3) is 0 Å². The molecule has 0 fully saturated rings. The Hall–Kier alpha value is -0.730. The van der Waals surface area contributed by atoms with E-state index in [0.29, 0.717) is 0 Å². The van der Waals surface area contributed by atoms with Crippen molar-refractivity contribution in [3.8, 4) is 0 Å². The number of allylic oxidation sites excluding steroid dienone is 2. The first-order valence-electron chi connectivity index (χ1n) is 4.33. The first-order chi connectivity index (χ1) is 6.62. The molecule has 0 amide bonds. The van der Waals surface area contributed by atoms with Crippen molar-refractivity contribution in [2.75, 3.05) is 13.1 Å². The van der Waals surface area contributed by atoms with Crippen molar-refractivity contribution in [3.63, 3.8) is 0 Å². The van der Waals surface area contributed by atoms with Crippen LogP contribution in [-0.4, -0.2) is 24.7 Å². The molecule has 0 radical (unpaired) electrons. The Kier molecular flexibility index (Phi) is 59.7. The topological polar surface area (TPSA) is 86.2 Å². The molecule has 8 heteroatoms. The molecule has 0 aliphatic heterocycles. The van der Waals surface area contributed by atoms with E-state index in [1.54, 1.807) is 26.0 Å². The average Bonchev–Trinajstić information content (AvgIpc) is 2.19. The van der Waals surface area contributed by atoms with Crippen LogP contribution in [0.15, 0.2) is 24.3 Å². The molecular weight excluding hydrogens is 418 g/mol. The molecule has 0 aromatic carbocycles. The Bertz CT molecular complexity index is 213. The van der Waals surface area contributed by atoms with Gasteiger partial charge in [-0.3, -0.25) is 9.59 Å². The van der Waals surface area contributed by atoms with Crippen LogP contribution < -0.4 is 25.6 Å². The van der Waals surface area contributed by atoms with Crippen LogP contribution in [0, 0.1) is 0 Å².